The number of esters is 1. The highest BCUT2D eigenvalue weighted by molar-refractivity contribution is 8.13. The summed E-state index contributed by atoms with van der Waals surface area (Å²) in [5.74, 6) is -2.14. The van der Waals surface area contributed by atoms with Crippen molar-refractivity contribution in [2.75, 3.05) is 19.5 Å². The van der Waals surface area contributed by atoms with E-state index in [9.17, 15) is 18.4 Å². The van der Waals surface area contributed by atoms with Crippen molar-refractivity contribution in [1.29, 1.82) is 0 Å². The summed E-state index contributed by atoms with van der Waals surface area (Å²) in [6.07, 6.45) is -0.525. The molecule has 0 aromatic heterocycles. The fourth-order valence-electron chi connectivity index (χ4n) is 3.91. The second-order valence-corrected chi connectivity index (χ2v) is 8.36. The monoisotopic (exact) mass is 446 g/mol. The van der Waals surface area contributed by atoms with Gasteiger partial charge in [0.1, 0.15) is 17.2 Å². The van der Waals surface area contributed by atoms with Crippen molar-refractivity contribution in [3.63, 3.8) is 0 Å². The van der Waals surface area contributed by atoms with Crippen LogP contribution in [0.5, 0.6) is 0 Å². The molecule has 2 aromatic carbocycles. The predicted octanol–water partition coefficient (Wildman–Crippen LogP) is 3.27. The number of fused-ring (bicyclic) bond motifs is 1. The SMILES string of the molecule is COC(=O)[C@H]1C[C@H]2CSC(NC(=O)c3ccccc3)=N[C@@]2(c2ccc(F)cc2F)CO1. The molecule has 2 aliphatic heterocycles. The van der Waals surface area contributed by atoms with Crippen LogP contribution in [-0.4, -0.2) is 42.6 Å². The maximum absolute atomic E-state index is 14.8. The van der Waals surface area contributed by atoms with E-state index in [0.29, 0.717) is 16.5 Å². The number of nitrogens with one attached hydrogen (secondary N) is 1. The summed E-state index contributed by atoms with van der Waals surface area (Å²) in [5, 5.41) is 3.08. The van der Waals surface area contributed by atoms with Crippen molar-refractivity contribution in [1.82, 2.24) is 5.32 Å². The van der Waals surface area contributed by atoms with E-state index < -0.39 is 29.2 Å². The zero-order valence-corrected chi connectivity index (χ0v) is 17.5. The first-order chi connectivity index (χ1) is 14.9. The first-order valence-electron chi connectivity index (χ1n) is 9.67. The van der Waals surface area contributed by atoms with E-state index in [-0.39, 0.29) is 30.4 Å². The van der Waals surface area contributed by atoms with Gasteiger partial charge in [0.05, 0.1) is 13.7 Å². The van der Waals surface area contributed by atoms with Crippen molar-refractivity contribution in [2.45, 2.75) is 18.1 Å². The van der Waals surface area contributed by atoms with E-state index in [1.807, 2.05) is 0 Å². The first-order valence-corrected chi connectivity index (χ1v) is 10.7. The predicted molar refractivity (Wildman–Crippen MR) is 112 cm³/mol. The molecule has 0 aliphatic carbocycles. The molecular formula is C22H20F2N2O4S. The standard InChI is InChI=1S/C22H20F2N2O4S/c1-29-20(28)18-9-14-11-31-21(25-19(27)13-5-3-2-4-6-13)26-22(14,12-30-18)16-8-7-15(23)10-17(16)24/h2-8,10,14,18H,9,11-12H2,1H3,(H,25,26,27)/t14-,18+,22-/m0/s1. The lowest BCUT2D eigenvalue weighted by atomic mass is 9.75. The Hall–Kier alpha value is -2.78. The highest BCUT2D eigenvalue weighted by atomic mass is 32.2. The third-order valence-electron chi connectivity index (χ3n) is 5.52. The van der Waals surface area contributed by atoms with Gasteiger partial charge in [0, 0.05) is 28.9 Å². The summed E-state index contributed by atoms with van der Waals surface area (Å²) >= 11 is 1.31. The van der Waals surface area contributed by atoms with E-state index >= 15 is 0 Å². The molecule has 2 heterocycles. The molecule has 6 nitrogen and oxygen atoms in total. The molecule has 1 saturated heterocycles. The van der Waals surface area contributed by atoms with Crippen LogP contribution in [0.15, 0.2) is 53.5 Å². The molecule has 2 aliphatic rings. The van der Waals surface area contributed by atoms with Gasteiger partial charge >= 0.3 is 5.97 Å². The van der Waals surface area contributed by atoms with Gasteiger partial charge in [-0.3, -0.25) is 4.79 Å². The number of nitrogens with zero attached hydrogens (tertiary/aromatic N) is 1. The Morgan fingerprint density at radius 2 is 2.00 bits per heavy atom. The van der Waals surface area contributed by atoms with Crippen LogP contribution >= 0.6 is 11.8 Å². The number of hydrogen-bond acceptors (Lipinski definition) is 6. The van der Waals surface area contributed by atoms with Gasteiger partial charge in [-0.05, 0) is 24.6 Å². The second-order valence-electron chi connectivity index (χ2n) is 7.35. The van der Waals surface area contributed by atoms with Gasteiger partial charge in [-0.25, -0.2) is 18.6 Å². The fraction of sp³-hybridized carbons (Fsp3) is 0.318. The molecule has 0 saturated carbocycles. The van der Waals surface area contributed by atoms with Crippen molar-refractivity contribution in [3.05, 3.63) is 71.3 Å². The lowest BCUT2D eigenvalue weighted by molar-refractivity contribution is -0.162. The van der Waals surface area contributed by atoms with Gasteiger partial charge in [0.15, 0.2) is 11.3 Å². The Morgan fingerprint density at radius 3 is 2.71 bits per heavy atom. The molecule has 4 rings (SSSR count). The van der Waals surface area contributed by atoms with E-state index in [0.717, 1.165) is 12.1 Å². The van der Waals surface area contributed by atoms with Crippen LogP contribution in [-0.2, 0) is 19.8 Å². The number of methoxy groups -OCH3 is 1. The van der Waals surface area contributed by atoms with Crippen LogP contribution in [0.2, 0.25) is 0 Å². The molecule has 1 N–H and O–H groups in total. The normalized spacial score (nSPS) is 25.2. The zero-order valence-electron chi connectivity index (χ0n) is 16.6. The van der Waals surface area contributed by atoms with Crippen LogP contribution in [0, 0.1) is 17.6 Å². The highest BCUT2D eigenvalue weighted by Crippen LogP contribution is 2.47. The van der Waals surface area contributed by atoms with Gasteiger partial charge in [0.2, 0.25) is 0 Å². The highest BCUT2D eigenvalue weighted by Gasteiger charge is 2.51. The minimum Gasteiger partial charge on any atom is -0.467 e. The summed E-state index contributed by atoms with van der Waals surface area (Å²) in [5.41, 5.74) is -0.582. The molecule has 0 bridgehead atoms. The average molecular weight is 446 g/mol. The summed E-state index contributed by atoms with van der Waals surface area (Å²) in [4.78, 5) is 29.3. The molecule has 1 amide bonds. The molecular weight excluding hydrogens is 426 g/mol. The van der Waals surface area contributed by atoms with Gasteiger partial charge < -0.3 is 14.8 Å². The Kier molecular flexibility index (Phi) is 6.06. The van der Waals surface area contributed by atoms with Crippen LogP contribution in [0.25, 0.3) is 0 Å². The molecule has 3 atom stereocenters. The maximum Gasteiger partial charge on any atom is 0.334 e. The van der Waals surface area contributed by atoms with E-state index in [4.69, 9.17) is 9.47 Å². The van der Waals surface area contributed by atoms with Crippen molar-refractivity contribution >= 4 is 28.8 Å². The Labute approximate surface area is 182 Å². The van der Waals surface area contributed by atoms with E-state index in [1.54, 1.807) is 30.3 Å². The minimum absolute atomic E-state index is 0.106. The first kappa shape index (κ1) is 21.5. The smallest absolute Gasteiger partial charge is 0.334 e. The number of amidine groups is 1. The summed E-state index contributed by atoms with van der Waals surface area (Å²) in [6, 6.07) is 11.9. The average Bonchev–Trinajstić information content (AvgIpc) is 2.78. The van der Waals surface area contributed by atoms with Crippen LogP contribution < -0.4 is 5.32 Å². The van der Waals surface area contributed by atoms with Crippen LogP contribution in [0.3, 0.4) is 0 Å². The van der Waals surface area contributed by atoms with Crippen molar-refractivity contribution in [2.24, 2.45) is 10.9 Å². The van der Waals surface area contributed by atoms with Gasteiger partial charge in [0.25, 0.3) is 5.91 Å². The fourth-order valence-corrected chi connectivity index (χ4v) is 5.07. The Bertz CT molecular complexity index is 1030. The minimum atomic E-state index is -1.20. The molecule has 2 aromatic rings. The summed E-state index contributed by atoms with van der Waals surface area (Å²) in [7, 11) is 1.28. The molecule has 162 valence electrons. The Balaban J connectivity index is 1.70. The van der Waals surface area contributed by atoms with Gasteiger partial charge in [-0.15, -0.1) is 0 Å². The molecule has 9 heteroatoms. The lowest BCUT2D eigenvalue weighted by Gasteiger charge is -2.45. The largest absolute Gasteiger partial charge is 0.467 e. The molecule has 31 heavy (non-hydrogen) atoms. The Morgan fingerprint density at radius 1 is 1.23 bits per heavy atom. The quantitative estimate of drug-likeness (QED) is 0.733. The van der Waals surface area contributed by atoms with Crippen LogP contribution in [0.1, 0.15) is 22.3 Å². The topological polar surface area (TPSA) is 77.0 Å². The third-order valence-corrected chi connectivity index (χ3v) is 6.55. The number of carbonyl (C=O) groups is 2. The maximum atomic E-state index is 14.8. The number of ether oxygens (including phenoxy) is 2. The summed E-state index contributed by atoms with van der Waals surface area (Å²) < 4.78 is 38.9. The van der Waals surface area contributed by atoms with E-state index in [1.165, 1.54) is 24.9 Å². The number of carbonyl (C=O) groups excluding carboxylic acids is 2. The van der Waals surface area contributed by atoms with Gasteiger partial charge in [-0.1, -0.05) is 36.0 Å². The van der Waals surface area contributed by atoms with Gasteiger partial charge in [-0.2, -0.15) is 0 Å². The van der Waals surface area contributed by atoms with E-state index in [2.05, 4.69) is 10.3 Å². The lowest BCUT2D eigenvalue weighted by Crippen LogP contribution is -2.52. The number of aliphatic imine (C=N–C) groups is 1. The number of amides is 1. The number of benzene rings is 2. The molecule has 0 spiro atoms. The molecule has 1 fully saturated rings. The molecule has 0 unspecified atom stereocenters. The number of thioether (sulfide) groups is 1. The summed E-state index contributed by atoms with van der Waals surface area (Å²) in [6.45, 7) is -0.106. The van der Waals surface area contributed by atoms with Crippen molar-refractivity contribution in [3.8, 4) is 0 Å². The van der Waals surface area contributed by atoms with Crippen molar-refractivity contribution < 1.29 is 27.8 Å². The number of halogens is 2. The zero-order chi connectivity index (χ0) is 22.0. The molecule has 0 radical (unpaired) electrons. The van der Waals surface area contributed by atoms with Crippen LogP contribution in [0.4, 0.5) is 8.78 Å². The number of hydrogen-bond donors (Lipinski definition) is 1. The number of rotatable bonds is 3. The second kappa shape index (κ2) is 8.76. The third kappa shape index (κ3) is 4.20.